The average molecular weight is 353 g/mol. The second-order valence-electron chi connectivity index (χ2n) is 5.14. The van der Waals surface area contributed by atoms with Gasteiger partial charge in [0.05, 0.1) is 0 Å². The Balaban J connectivity index is 2.21. The normalized spacial score (nSPS) is 12.4. The lowest BCUT2D eigenvalue weighted by molar-refractivity contribution is 0.571. The zero-order valence-electron chi connectivity index (χ0n) is 12.3. The monoisotopic (exact) mass is 352 g/mol. The van der Waals surface area contributed by atoms with Crippen LogP contribution in [0.2, 0.25) is 0 Å². The molecular formula is C18H19BrF2. The van der Waals surface area contributed by atoms with Gasteiger partial charge in [0.15, 0.2) is 0 Å². The van der Waals surface area contributed by atoms with Crippen molar-refractivity contribution in [1.82, 2.24) is 0 Å². The molecule has 0 N–H and O–H groups in total. The molecule has 0 heterocycles. The summed E-state index contributed by atoms with van der Waals surface area (Å²) in [4.78, 5) is 0.0219. The van der Waals surface area contributed by atoms with Gasteiger partial charge in [-0.25, -0.2) is 8.78 Å². The van der Waals surface area contributed by atoms with Crippen molar-refractivity contribution in [3.8, 4) is 0 Å². The van der Waals surface area contributed by atoms with Gasteiger partial charge in [-0.3, -0.25) is 0 Å². The molecule has 0 aromatic heterocycles. The number of aryl methyl sites for hydroxylation is 2. The first kappa shape index (κ1) is 16.2. The van der Waals surface area contributed by atoms with Crippen molar-refractivity contribution in [2.24, 2.45) is 0 Å². The molecule has 0 aliphatic rings. The first-order valence-electron chi connectivity index (χ1n) is 7.24. The Morgan fingerprint density at radius 1 is 0.905 bits per heavy atom. The van der Waals surface area contributed by atoms with Crippen molar-refractivity contribution < 1.29 is 8.78 Å². The molecular weight excluding hydrogens is 334 g/mol. The lowest BCUT2D eigenvalue weighted by Gasteiger charge is -2.14. The summed E-state index contributed by atoms with van der Waals surface area (Å²) >= 11 is 3.62. The minimum Gasteiger partial charge on any atom is -0.207 e. The summed E-state index contributed by atoms with van der Waals surface area (Å²) in [5, 5.41) is 0. The second kappa shape index (κ2) is 7.17. The molecule has 0 aliphatic carbocycles. The molecule has 2 aromatic carbocycles. The second-order valence-corrected chi connectivity index (χ2v) is 6.25. The fourth-order valence-corrected chi connectivity index (χ4v) is 3.15. The van der Waals surface area contributed by atoms with E-state index in [9.17, 15) is 8.78 Å². The molecule has 21 heavy (non-hydrogen) atoms. The van der Waals surface area contributed by atoms with E-state index in [1.165, 1.54) is 23.3 Å². The quantitative estimate of drug-likeness (QED) is 0.599. The SMILES string of the molecule is CCc1ccc(C(Br)Cc2ccc(F)cc2F)cc1CC. The lowest BCUT2D eigenvalue weighted by atomic mass is 9.96. The largest absolute Gasteiger partial charge is 0.207 e. The summed E-state index contributed by atoms with van der Waals surface area (Å²) < 4.78 is 26.7. The maximum absolute atomic E-state index is 13.7. The number of hydrogen-bond donors (Lipinski definition) is 0. The van der Waals surface area contributed by atoms with Gasteiger partial charge in [-0.15, -0.1) is 0 Å². The summed E-state index contributed by atoms with van der Waals surface area (Å²) in [5.74, 6) is -1.02. The molecule has 1 atom stereocenters. The molecule has 0 bridgehead atoms. The van der Waals surface area contributed by atoms with E-state index in [0.717, 1.165) is 24.5 Å². The van der Waals surface area contributed by atoms with Crippen LogP contribution in [0.5, 0.6) is 0 Å². The van der Waals surface area contributed by atoms with E-state index in [2.05, 4.69) is 48.0 Å². The van der Waals surface area contributed by atoms with E-state index in [1.54, 1.807) is 0 Å². The summed E-state index contributed by atoms with van der Waals surface area (Å²) in [6, 6.07) is 10.2. The molecule has 2 rings (SSSR count). The Kier molecular flexibility index (Phi) is 5.51. The third-order valence-electron chi connectivity index (χ3n) is 3.77. The molecule has 1 unspecified atom stereocenters. The van der Waals surface area contributed by atoms with Crippen molar-refractivity contribution in [2.75, 3.05) is 0 Å². The highest BCUT2D eigenvalue weighted by Gasteiger charge is 2.13. The first-order chi connectivity index (χ1) is 10.0. The maximum atomic E-state index is 13.7. The molecule has 0 aliphatic heterocycles. The summed E-state index contributed by atoms with van der Waals surface area (Å²) in [5.41, 5.74) is 4.34. The molecule has 2 aromatic rings. The fourth-order valence-electron chi connectivity index (χ4n) is 2.51. The zero-order chi connectivity index (χ0) is 15.4. The topological polar surface area (TPSA) is 0 Å². The molecule has 0 amide bonds. The van der Waals surface area contributed by atoms with Crippen LogP contribution >= 0.6 is 15.9 Å². The third-order valence-corrected chi connectivity index (χ3v) is 4.62. The third kappa shape index (κ3) is 3.91. The van der Waals surface area contributed by atoms with Crippen LogP contribution in [0.3, 0.4) is 0 Å². The van der Waals surface area contributed by atoms with Gasteiger partial charge in [-0.05, 0) is 47.6 Å². The minimum absolute atomic E-state index is 0.0219. The molecule has 0 nitrogen and oxygen atoms in total. The summed E-state index contributed by atoms with van der Waals surface area (Å²) in [6.07, 6.45) is 2.51. The predicted octanol–water partition coefficient (Wildman–Crippen LogP) is 5.77. The van der Waals surface area contributed by atoms with E-state index in [0.29, 0.717) is 12.0 Å². The number of halogens is 3. The van der Waals surface area contributed by atoms with E-state index >= 15 is 0 Å². The van der Waals surface area contributed by atoms with Crippen LogP contribution in [0.4, 0.5) is 8.78 Å². The van der Waals surface area contributed by atoms with E-state index in [-0.39, 0.29) is 4.83 Å². The fraction of sp³-hybridized carbons (Fsp3) is 0.333. The van der Waals surface area contributed by atoms with Gasteiger partial charge < -0.3 is 0 Å². The van der Waals surface area contributed by atoms with Gasteiger partial charge in [0.2, 0.25) is 0 Å². The zero-order valence-corrected chi connectivity index (χ0v) is 13.9. The van der Waals surface area contributed by atoms with Crippen molar-refractivity contribution in [1.29, 1.82) is 0 Å². The molecule has 112 valence electrons. The number of hydrogen-bond acceptors (Lipinski definition) is 0. The predicted molar refractivity (Wildman–Crippen MR) is 86.9 cm³/mol. The van der Waals surface area contributed by atoms with Crippen molar-refractivity contribution in [3.05, 3.63) is 70.3 Å². The molecule has 0 saturated heterocycles. The molecule has 0 spiro atoms. The van der Waals surface area contributed by atoms with Crippen LogP contribution in [0.25, 0.3) is 0 Å². The van der Waals surface area contributed by atoms with E-state index in [1.807, 2.05) is 0 Å². The van der Waals surface area contributed by atoms with Crippen LogP contribution in [-0.2, 0) is 19.3 Å². The number of alkyl halides is 1. The highest BCUT2D eigenvalue weighted by Crippen LogP contribution is 2.30. The van der Waals surface area contributed by atoms with Crippen molar-refractivity contribution in [2.45, 2.75) is 37.9 Å². The van der Waals surface area contributed by atoms with Crippen molar-refractivity contribution >= 4 is 15.9 Å². The van der Waals surface area contributed by atoms with Crippen molar-refractivity contribution in [3.63, 3.8) is 0 Å². The van der Waals surface area contributed by atoms with Crippen LogP contribution in [0, 0.1) is 11.6 Å². The van der Waals surface area contributed by atoms with Crippen LogP contribution < -0.4 is 0 Å². The summed E-state index contributed by atoms with van der Waals surface area (Å²) in [7, 11) is 0. The highest BCUT2D eigenvalue weighted by atomic mass is 79.9. The number of rotatable bonds is 5. The van der Waals surface area contributed by atoms with Gasteiger partial charge >= 0.3 is 0 Å². The molecule has 3 heteroatoms. The maximum Gasteiger partial charge on any atom is 0.129 e. The van der Waals surface area contributed by atoms with Gasteiger partial charge in [0, 0.05) is 10.9 Å². The number of benzene rings is 2. The van der Waals surface area contributed by atoms with E-state index < -0.39 is 11.6 Å². The van der Waals surface area contributed by atoms with Gasteiger partial charge in [-0.1, -0.05) is 54.0 Å². The Labute approximate surface area is 133 Å². The smallest absolute Gasteiger partial charge is 0.129 e. The summed E-state index contributed by atoms with van der Waals surface area (Å²) in [6.45, 7) is 4.29. The van der Waals surface area contributed by atoms with Crippen LogP contribution in [-0.4, -0.2) is 0 Å². The van der Waals surface area contributed by atoms with Crippen LogP contribution in [0.15, 0.2) is 36.4 Å². The standard InChI is InChI=1S/C18H19BrF2/c1-3-12-5-6-14(9-13(12)4-2)17(19)10-15-7-8-16(20)11-18(15)21/h5-9,11,17H,3-4,10H2,1-2H3. The molecule has 0 fully saturated rings. The van der Waals surface area contributed by atoms with Gasteiger partial charge in [-0.2, -0.15) is 0 Å². The molecule has 0 radical (unpaired) electrons. The minimum atomic E-state index is -0.539. The first-order valence-corrected chi connectivity index (χ1v) is 8.16. The lowest BCUT2D eigenvalue weighted by Crippen LogP contribution is -2.01. The van der Waals surface area contributed by atoms with Gasteiger partial charge in [0.25, 0.3) is 0 Å². The Morgan fingerprint density at radius 3 is 2.19 bits per heavy atom. The van der Waals surface area contributed by atoms with Crippen LogP contribution in [0.1, 0.15) is 40.9 Å². The average Bonchev–Trinajstić information content (AvgIpc) is 2.49. The molecule has 0 saturated carbocycles. The Bertz CT molecular complexity index is 623. The Hall–Kier alpha value is -1.22. The Morgan fingerprint density at radius 2 is 1.57 bits per heavy atom. The van der Waals surface area contributed by atoms with E-state index in [4.69, 9.17) is 0 Å². The highest BCUT2D eigenvalue weighted by molar-refractivity contribution is 9.09. The van der Waals surface area contributed by atoms with Gasteiger partial charge in [0.1, 0.15) is 11.6 Å².